The molecule has 0 amide bonds. The van der Waals surface area contributed by atoms with Crippen molar-refractivity contribution < 1.29 is 5.11 Å². The van der Waals surface area contributed by atoms with E-state index in [9.17, 15) is 5.11 Å². The van der Waals surface area contributed by atoms with Gasteiger partial charge in [0.05, 0.1) is 0 Å². The van der Waals surface area contributed by atoms with E-state index in [0.717, 1.165) is 38.2 Å². The Balaban J connectivity index is 1.61. The summed E-state index contributed by atoms with van der Waals surface area (Å²) < 4.78 is 0. The highest BCUT2D eigenvalue weighted by Gasteiger charge is 2.16. The summed E-state index contributed by atoms with van der Waals surface area (Å²) in [5.74, 6) is 0.365. The molecule has 2 aromatic rings. The summed E-state index contributed by atoms with van der Waals surface area (Å²) in [5, 5.41) is 9.58. The SMILES string of the molecule is Nc1ccc(CCN2CCc3ccc(O)cc3C2)cc1. The first kappa shape index (κ1) is 13.0. The number of nitrogens with two attached hydrogens (primary N) is 1. The van der Waals surface area contributed by atoms with Gasteiger partial charge in [-0.05, 0) is 53.8 Å². The Hall–Kier alpha value is -2.00. The number of fused-ring (bicyclic) bond motifs is 1. The van der Waals surface area contributed by atoms with Gasteiger partial charge in [0.25, 0.3) is 0 Å². The van der Waals surface area contributed by atoms with Crippen LogP contribution in [0.2, 0.25) is 0 Å². The van der Waals surface area contributed by atoms with Gasteiger partial charge in [0.1, 0.15) is 5.75 Å². The van der Waals surface area contributed by atoms with E-state index in [2.05, 4.69) is 17.0 Å². The maximum atomic E-state index is 9.58. The minimum Gasteiger partial charge on any atom is -0.508 e. The van der Waals surface area contributed by atoms with Gasteiger partial charge >= 0.3 is 0 Å². The average molecular weight is 268 g/mol. The van der Waals surface area contributed by atoms with Gasteiger partial charge in [-0.15, -0.1) is 0 Å². The number of nitrogen functional groups attached to an aromatic ring is 1. The minimum absolute atomic E-state index is 0.365. The highest BCUT2D eigenvalue weighted by molar-refractivity contribution is 5.39. The average Bonchev–Trinajstić information content (AvgIpc) is 2.46. The molecule has 2 aromatic carbocycles. The third-order valence-corrected chi connectivity index (χ3v) is 3.98. The van der Waals surface area contributed by atoms with Crippen molar-refractivity contribution in [3.63, 3.8) is 0 Å². The van der Waals surface area contributed by atoms with Crippen molar-refractivity contribution >= 4 is 5.69 Å². The molecule has 3 N–H and O–H groups in total. The van der Waals surface area contributed by atoms with E-state index in [-0.39, 0.29) is 0 Å². The Morgan fingerprint density at radius 2 is 1.85 bits per heavy atom. The maximum Gasteiger partial charge on any atom is 0.115 e. The Bertz CT molecular complexity index is 592. The molecule has 0 fully saturated rings. The largest absolute Gasteiger partial charge is 0.508 e. The molecule has 0 spiro atoms. The topological polar surface area (TPSA) is 49.5 Å². The van der Waals surface area contributed by atoms with E-state index in [0.29, 0.717) is 5.75 Å². The molecule has 0 atom stereocenters. The second-order valence-electron chi connectivity index (χ2n) is 5.47. The molecule has 0 bridgehead atoms. The molecule has 104 valence electrons. The zero-order valence-corrected chi connectivity index (χ0v) is 11.5. The number of benzene rings is 2. The van der Waals surface area contributed by atoms with Gasteiger partial charge in [0.2, 0.25) is 0 Å². The zero-order chi connectivity index (χ0) is 13.9. The zero-order valence-electron chi connectivity index (χ0n) is 11.5. The van der Waals surface area contributed by atoms with Crippen LogP contribution in [0.15, 0.2) is 42.5 Å². The second kappa shape index (κ2) is 5.55. The Kier molecular flexibility index (Phi) is 3.61. The van der Waals surface area contributed by atoms with Crippen molar-refractivity contribution in [3.05, 3.63) is 59.2 Å². The first-order valence-corrected chi connectivity index (χ1v) is 7.08. The van der Waals surface area contributed by atoms with Crippen LogP contribution in [0.4, 0.5) is 5.69 Å². The van der Waals surface area contributed by atoms with Crippen LogP contribution in [0.5, 0.6) is 5.75 Å². The number of phenols is 1. The standard InChI is InChI=1S/C17H20N2O/c18-16-4-1-13(2-5-16)7-9-19-10-8-14-3-6-17(20)11-15(14)12-19/h1-6,11,20H,7-10,12,18H2. The fraction of sp³-hybridized carbons (Fsp3) is 0.294. The molecule has 1 heterocycles. The van der Waals surface area contributed by atoms with Gasteiger partial charge in [-0.1, -0.05) is 18.2 Å². The monoisotopic (exact) mass is 268 g/mol. The van der Waals surface area contributed by atoms with E-state index < -0.39 is 0 Å². The van der Waals surface area contributed by atoms with Crippen LogP contribution in [0, 0.1) is 0 Å². The summed E-state index contributed by atoms with van der Waals surface area (Å²) in [4.78, 5) is 2.44. The van der Waals surface area contributed by atoms with Gasteiger partial charge in [-0.2, -0.15) is 0 Å². The summed E-state index contributed by atoms with van der Waals surface area (Å²) in [6, 6.07) is 13.8. The predicted octanol–water partition coefficient (Wildman–Crippen LogP) is 2.58. The molecule has 0 saturated heterocycles. The van der Waals surface area contributed by atoms with Crippen LogP contribution < -0.4 is 5.73 Å². The van der Waals surface area contributed by atoms with Gasteiger partial charge in [-0.3, -0.25) is 4.90 Å². The fourth-order valence-corrected chi connectivity index (χ4v) is 2.76. The maximum absolute atomic E-state index is 9.58. The highest BCUT2D eigenvalue weighted by Crippen LogP contribution is 2.23. The van der Waals surface area contributed by atoms with Crippen molar-refractivity contribution in [2.45, 2.75) is 19.4 Å². The van der Waals surface area contributed by atoms with Crippen molar-refractivity contribution in [2.75, 3.05) is 18.8 Å². The molecular weight excluding hydrogens is 248 g/mol. The molecule has 0 unspecified atom stereocenters. The van der Waals surface area contributed by atoms with Crippen molar-refractivity contribution in [1.82, 2.24) is 4.90 Å². The van der Waals surface area contributed by atoms with Gasteiger partial charge in [0, 0.05) is 25.3 Å². The van der Waals surface area contributed by atoms with Gasteiger partial charge < -0.3 is 10.8 Å². The summed E-state index contributed by atoms with van der Waals surface area (Å²) in [7, 11) is 0. The second-order valence-corrected chi connectivity index (χ2v) is 5.47. The Morgan fingerprint density at radius 3 is 2.65 bits per heavy atom. The van der Waals surface area contributed by atoms with Crippen LogP contribution in [0.1, 0.15) is 16.7 Å². The first-order chi connectivity index (χ1) is 9.70. The predicted molar refractivity (Wildman–Crippen MR) is 81.6 cm³/mol. The van der Waals surface area contributed by atoms with Crippen molar-refractivity contribution in [2.24, 2.45) is 0 Å². The molecule has 0 saturated carbocycles. The third kappa shape index (κ3) is 2.94. The molecule has 0 aliphatic carbocycles. The highest BCUT2D eigenvalue weighted by atomic mass is 16.3. The Labute approximate surface area is 119 Å². The van der Waals surface area contributed by atoms with E-state index in [4.69, 9.17) is 5.73 Å². The normalized spacial score (nSPS) is 15.0. The molecule has 3 heteroatoms. The van der Waals surface area contributed by atoms with Crippen LogP contribution in [-0.2, 0) is 19.4 Å². The lowest BCUT2D eigenvalue weighted by Gasteiger charge is -2.28. The molecule has 1 aliphatic rings. The van der Waals surface area contributed by atoms with Crippen LogP contribution in [0.3, 0.4) is 0 Å². The molecule has 20 heavy (non-hydrogen) atoms. The third-order valence-electron chi connectivity index (χ3n) is 3.98. The summed E-state index contributed by atoms with van der Waals surface area (Å²) in [5.41, 5.74) is 10.5. The van der Waals surface area contributed by atoms with E-state index >= 15 is 0 Å². The number of aromatic hydroxyl groups is 1. The van der Waals surface area contributed by atoms with Gasteiger partial charge in [-0.25, -0.2) is 0 Å². The minimum atomic E-state index is 0.365. The van der Waals surface area contributed by atoms with Crippen molar-refractivity contribution in [1.29, 1.82) is 0 Å². The molecule has 0 aromatic heterocycles. The van der Waals surface area contributed by atoms with Gasteiger partial charge in [0.15, 0.2) is 0 Å². The lowest BCUT2D eigenvalue weighted by Crippen LogP contribution is -2.32. The molecular formula is C17H20N2O. The summed E-state index contributed by atoms with van der Waals surface area (Å²) in [6.45, 7) is 3.06. The lowest BCUT2D eigenvalue weighted by atomic mass is 9.99. The summed E-state index contributed by atoms with van der Waals surface area (Å²) in [6.07, 6.45) is 2.10. The first-order valence-electron chi connectivity index (χ1n) is 7.08. The van der Waals surface area contributed by atoms with Crippen LogP contribution in [-0.4, -0.2) is 23.1 Å². The van der Waals surface area contributed by atoms with E-state index in [1.807, 2.05) is 24.3 Å². The quantitative estimate of drug-likeness (QED) is 0.841. The Morgan fingerprint density at radius 1 is 1.05 bits per heavy atom. The number of rotatable bonds is 3. The van der Waals surface area contributed by atoms with Crippen molar-refractivity contribution in [3.8, 4) is 5.75 Å². The van der Waals surface area contributed by atoms with E-state index in [1.54, 1.807) is 6.07 Å². The number of phenolic OH excluding ortho intramolecular Hbond substituents is 1. The van der Waals surface area contributed by atoms with E-state index in [1.165, 1.54) is 16.7 Å². The molecule has 3 nitrogen and oxygen atoms in total. The molecule has 3 rings (SSSR count). The number of hydrogen-bond acceptors (Lipinski definition) is 3. The smallest absolute Gasteiger partial charge is 0.115 e. The molecule has 0 radical (unpaired) electrons. The number of hydrogen-bond donors (Lipinski definition) is 2. The lowest BCUT2D eigenvalue weighted by molar-refractivity contribution is 0.257. The molecule has 1 aliphatic heterocycles. The number of anilines is 1. The fourth-order valence-electron chi connectivity index (χ4n) is 2.76. The number of nitrogens with zero attached hydrogens (tertiary/aromatic N) is 1. The van der Waals surface area contributed by atoms with Crippen LogP contribution in [0.25, 0.3) is 0 Å². The van der Waals surface area contributed by atoms with Crippen LogP contribution >= 0.6 is 0 Å². The summed E-state index contributed by atoms with van der Waals surface area (Å²) >= 11 is 0.